The minimum absolute atomic E-state index is 0.118. The van der Waals surface area contributed by atoms with Crippen LogP contribution in [-0.2, 0) is 13.1 Å². The Hall–Kier alpha value is -0.930. The van der Waals surface area contributed by atoms with Crippen molar-refractivity contribution in [1.82, 2.24) is 10.2 Å². The molecular formula is C13H21FN2. The van der Waals surface area contributed by atoms with E-state index in [4.69, 9.17) is 0 Å². The zero-order valence-electron chi connectivity index (χ0n) is 10.4. The molecule has 90 valence electrons. The van der Waals surface area contributed by atoms with Gasteiger partial charge in [0.05, 0.1) is 0 Å². The molecule has 16 heavy (non-hydrogen) atoms. The number of nitrogens with one attached hydrogen (secondary N) is 1. The molecule has 0 fully saturated rings. The van der Waals surface area contributed by atoms with E-state index in [2.05, 4.69) is 12.2 Å². The third kappa shape index (κ3) is 4.29. The van der Waals surface area contributed by atoms with Crippen molar-refractivity contribution in [2.75, 3.05) is 20.6 Å². The van der Waals surface area contributed by atoms with Crippen molar-refractivity contribution < 1.29 is 4.39 Å². The van der Waals surface area contributed by atoms with E-state index in [-0.39, 0.29) is 5.82 Å². The summed E-state index contributed by atoms with van der Waals surface area (Å²) >= 11 is 0. The number of rotatable bonds is 6. The SMILES string of the molecule is CCCNCc1ccc(F)c(CN(C)C)c1. The smallest absolute Gasteiger partial charge is 0.127 e. The predicted molar refractivity (Wildman–Crippen MR) is 65.8 cm³/mol. The molecule has 0 spiro atoms. The molecule has 0 aliphatic rings. The second-order valence-electron chi connectivity index (χ2n) is 4.34. The van der Waals surface area contributed by atoms with Gasteiger partial charge < -0.3 is 10.2 Å². The highest BCUT2D eigenvalue weighted by molar-refractivity contribution is 5.25. The highest BCUT2D eigenvalue weighted by Gasteiger charge is 2.04. The normalized spacial score (nSPS) is 11.1. The molecule has 1 aromatic carbocycles. The molecule has 2 nitrogen and oxygen atoms in total. The Bertz CT molecular complexity index is 324. The minimum atomic E-state index is -0.118. The molecular weight excluding hydrogens is 203 g/mol. The van der Waals surface area contributed by atoms with Gasteiger partial charge in [0.2, 0.25) is 0 Å². The van der Waals surface area contributed by atoms with Gasteiger partial charge in [0.25, 0.3) is 0 Å². The Balaban J connectivity index is 2.65. The van der Waals surface area contributed by atoms with Crippen LogP contribution in [0.3, 0.4) is 0 Å². The van der Waals surface area contributed by atoms with E-state index >= 15 is 0 Å². The van der Waals surface area contributed by atoms with E-state index in [0.717, 1.165) is 30.6 Å². The van der Waals surface area contributed by atoms with Gasteiger partial charge in [-0.3, -0.25) is 0 Å². The van der Waals surface area contributed by atoms with Crippen molar-refractivity contribution >= 4 is 0 Å². The molecule has 0 saturated carbocycles. The molecule has 0 atom stereocenters. The monoisotopic (exact) mass is 224 g/mol. The van der Waals surface area contributed by atoms with Crippen LogP contribution in [0.4, 0.5) is 4.39 Å². The Morgan fingerprint density at radius 1 is 1.31 bits per heavy atom. The average Bonchev–Trinajstić information content (AvgIpc) is 2.22. The van der Waals surface area contributed by atoms with Crippen molar-refractivity contribution in [3.63, 3.8) is 0 Å². The third-order valence-electron chi connectivity index (χ3n) is 2.35. The standard InChI is InChI=1S/C13H21FN2/c1-4-7-15-9-11-5-6-13(14)12(8-11)10-16(2)3/h5-6,8,15H,4,7,9-10H2,1-3H3. The molecule has 1 aromatic rings. The van der Waals surface area contributed by atoms with Crippen molar-refractivity contribution in [3.8, 4) is 0 Å². The summed E-state index contributed by atoms with van der Waals surface area (Å²) in [6.07, 6.45) is 1.12. The summed E-state index contributed by atoms with van der Waals surface area (Å²) in [4.78, 5) is 1.97. The zero-order chi connectivity index (χ0) is 12.0. The highest BCUT2D eigenvalue weighted by atomic mass is 19.1. The van der Waals surface area contributed by atoms with Gasteiger partial charge in [0.1, 0.15) is 5.82 Å². The summed E-state index contributed by atoms with van der Waals surface area (Å²) in [5.41, 5.74) is 1.91. The number of hydrogen-bond acceptors (Lipinski definition) is 2. The molecule has 1 rings (SSSR count). The number of benzene rings is 1. The van der Waals surface area contributed by atoms with Gasteiger partial charge >= 0.3 is 0 Å². The van der Waals surface area contributed by atoms with Crippen LogP contribution in [0, 0.1) is 5.82 Å². The predicted octanol–water partition coefficient (Wildman–Crippen LogP) is 2.39. The van der Waals surface area contributed by atoms with Crippen LogP contribution >= 0.6 is 0 Å². The lowest BCUT2D eigenvalue weighted by atomic mass is 10.1. The molecule has 0 heterocycles. The molecule has 3 heteroatoms. The first-order valence-electron chi connectivity index (χ1n) is 5.76. The summed E-state index contributed by atoms with van der Waals surface area (Å²) in [5.74, 6) is -0.118. The van der Waals surface area contributed by atoms with Crippen LogP contribution in [-0.4, -0.2) is 25.5 Å². The fourth-order valence-electron chi connectivity index (χ4n) is 1.61. The fraction of sp³-hybridized carbons (Fsp3) is 0.538. The third-order valence-corrected chi connectivity index (χ3v) is 2.35. The van der Waals surface area contributed by atoms with Crippen LogP contribution < -0.4 is 5.32 Å². The van der Waals surface area contributed by atoms with E-state index in [9.17, 15) is 4.39 Å². The lowest BCUT2D eigenvalue weighted by Crippen LogP contribution is -2.15. The van der Waals surface area contributed by atoms with Crippen LogP contribution in [0.1, 0.15) is 24.5 Å². The maximum absolute atomic E-state index is 13.5. The number of hydrogen-bond donors (Lipinski definition) is 1. The van der Waals surface area contributed by atoms with Crippen molar-refractivity contribution in [2.45, 2.75) is 26.4 Å². The van der Waals surface area contributed by atoms with Gasteiger partial charge in [0.15, 0.2) is 0 Å². The molecule has 0 saturated heterocycles. The fourth-order valence-corrected chi connectivity index (χ4v) is 1.61. The maximum atomic E-state index is 13.5. The molecule has 0 amide bonds. The van der Waals surface area contributed by atoms with E-state index in [1.165, 1.54) is 0 Å². The minimum Gasteiger partial charge on any atom is -0.313 e. The van der Waals surface area contributed by atoms with Gasteiger partial charge in [0, 0.05) is 18.7 Å². The van der Waals surface area contributed by atoms with E-state index in [0.29, 0.717) is 6.54 Å². The second kappa shape index (κ2) is 6.61. The Labute approximate surface area is 97.5 Å². The van der Waals surface area contributed by atoms with Crippen LogP contribution in [0.15, 0.2) is 18.2 Å². The van der Waals surface area contributed by atoms with Crippen LogP contribution in [0.25, 0.3) is 0 Å². The van der Waals surface area contributed by atoms with Crippen molar-refractivity contribution in [1.29, 1.82) is 0 Å². The summed E-state index contributed by atoms with van der Waals surface area (Å²) in [5, 5.41) is 3.32. The molecule has 0 radical (unpaired) electrons. The van der Waals surface area contributed by atoms with Gasteiger partial charge in [-0.1, -0.05) is 19.1 Å². The number of nitrogens with zero attached hydrogens (tertiary/aromatic N) is 1. The molecule has 1 N–H and O–H groups in total. The Morgan fingerprint density at radius 2 is 2.06 bits per heavy atom. The van der Waals surface area contributed by atoms with E-state index < -0.39 is 0 Å². The van der Waals surface area contributed by atoms with Gasteiger partial charge in [-0.05, 0) is 38.7 Å². The van der Waals surface area contributed by atoms with E-state index in [1.54, 1.807) is 6.07 Å². The summed E-state index contributed by atoms with van der Waals surface area (Å²) < 4.78 is 13.5. The van der Waals surface area contributed by atoms with Crippen molar-refractivity contribution in [3.05, 3.63) is 35.1 Å². The lowest BCUT2D eigenvalue weighted by molar-refractivity contribution is 0.392. The first-order valence-corrected chi connectivity index (χ1v) is 5.76. The Kier molecular flexibility index (Phi) is 5.43. The molecule has 0 aliphatic carbocycles. The van der Waals surface area contributed by atoms with Gasteiger partial charge in [-0.15, -0.1) is 0 Å². The molecule has 0 aromatic heterocycles. The average molecular weight is 224 g/mol. The summed E-state index contributed by atoms with van der Waals surface area (Å²) in [7, 11) is 3.89. The highest BCUT2D eigenvalue weighted by Crippen LogP contribution is 2.12. The van der Waals surface area contributed by atoms with Crippen molar-refractivity contribution in [2.24, 2.45) is 0 Å². The molecule has 0 unspecified atom stereocenters. The van der Waals surface area contributed by atoms with E-state index in [1.807, 2.05) is 31.1 Å². The maximum Gasteiger partial charge on any atom is 0.127 e. The van der Waals surface area contributed by atoms with Crippen LogP contribution in [0.2, 0.25) is 0 Å². The lowest BCUT2D eigenvalue weighted by Gasteiger charge is -2.12. The largest absolute Gasteiger partial charge is 0.313 e. The summed E-state index contributed by atoms with van der Waals surface area (Å²) in [6.45, 7) is 4.59. The summed E-state index contributed by atoms with van der Waals surface area (Å²) in [6, 6.07) is 5.34. The number of halogens is 1. The first-order chi connectivity index (χ1) is 7.63. The topological polar surface area (TPSA) is 15.3 Å². The van der Waals surface area contributed by atoms with Gasteiger partial charge in [-0.2, -0.15) is 0 Å². The zero-order valence-corrected chi connectivity index (χ0v) is 10.4. The quantitative estimate of drug-likeness (QED) is 0.746. The van der Waals surface area contributed by atoms with Crippen LogP contribution in [0.5, 0.6) is 0 Å². The molecule has 0 aliphatic heterocycles. The van der Waals surface area contributed by atoms with Gasteiger partial charge in [-0.25, -0.2) is 4.39 Å². The second-order valence-corrected chi connectivity index (χ2v) is 4.34. The first kappa shape index (κ1) is 13.1. The molecule has 0 bridgehead atoms. The Morgan fingerprint density at radius 3 is 2.69 bits per heavy atom.